The summed E-state index contributed by atoms with van der Waals surface area (Å²) in [6.07, 6.45) is -5.13. The Morgan fingerprint density at radius 2 is 1.63 bits per heavy atom. The zero-order chi connectivity index (χ0) is 37.3. The maximum atomic E-state index is 15.4. The summed E-state index contributed by atoms with van der Waals surface area (Å²) in [6.45, 7) is 7.99. The number of urea groups is 1. The third-order valence-corrected chi connectivity index (χ3v) is 12.4. The molecule has 1 heterocycles. The Balaban J connectivity index is 1.33. The van der Waals surface area contributed by atoms with Gasteiger partial charge in [0.1, 0.15) is 12.1 Å². The number of ether oxygens (including phenoxy) is 3. The van der Waals surface area contributed by atoms with E-state index in [1.165, 1.54) is 6.92 Å². The quantitative estimate of drug-likeness (QED) is 0.148. The second kappa shape index (κ2) is 12.9. The highest BCUT2D eigenvalue weighted by molar-refractivity contribution is 5.80. The Morgan fingerprint density at radius 1 is 0.961 bits per heavy atom. The third kappa shape index (κ3) is 6.45. The number of alkyl halides is 5. The van der Waals surface area contributed by atoms with Crippen LogP contribution in [0, 0.1) is 22.7 Å². The summed E-state index contributed by atoms with van der Waals surface area (Å²) < 4.78 is 90.0. The van der Waals surface area contributed by atoms with Crippen molar-refractivity contribution in [2.45, 2.75) is 121 Å². The molecule has 1 aromatic carbocycles. The number of carbonyl (C=O) groups excluding carboxylic acids is 2. The van der Waals surface area contributed by atoms with Crippen LogP contribution in [0.4, 0.5) is 26.7 Å². The van der Waals surface area contributed by atoms with Crippen LogP contribution >= 0.6 is 0 Å². The fourth-order valence-corrected chi connectivity index (χ4v) is 9.78. The Morgan fingerprint density at radius 3 is 2.25 bits per heavy atom. The molecule has 284 valence electrons. The van der Waals surface area contributed by atoms with E-state index < -0.39 is 70.7 Å². The van der Waals surface area contributed by atoms with Crippen LogP contribution in [0.15, 0.2) is 35.4 Å². The molecule has 3 unspecified atom stereocenters. The molecule has 1 spiro atoms. The number of nitrogens with one attached hydrogen (secondary N) is 2. The number of allylic oxidation sites excluding steroid dienone is 1. The van der Waals surface area contributed by atoms with Crippen LogP contribution in [0.25, 0.3) is 0 Å². The molecule has 0 radical (unpaired) electrons. The lowest BCUT2D eigenvalue weighted by atomic mass is 9.49. The van der Waals surface area contributed by atoms with E-state index in [0.29, 0.717) is 43.6 Å². The summed E-state index contributed by atoms with van der Waals surface area (Å²) in [6, 6.07) is 6.39. The van der Waals surface area contributed by atoms with Gasteiger partial charge in [-0.05, 0) is 74.0 Å². The summed E-state index contributed by atoms with van der Waals surface area (Å²) in [5, 5.41) is 29.0. The van der Waals surface area contributed by atoms with E-state index in [-0.39, 0.29) is 50.8 Å². The van der Waals surface area contributed by atoms with E-state index >= 15 is 8.78 Å². The number of carbonyl (C=O) groups is 2. The van der Waals surface area contributed by atoms with E-state index in [1.54, 1.807) is 31.2 Å². The summed E-state index contributed by atoms with van der Waals surface area (Å²) in [7, 11) is 0. The number of hydrogen-bond donors (Lipinski definition) is 4. The highest BCUT2D eigenvalue weighted by Gasteiger charge is 2.79. The van der Waals surface area contributed by atoms with Gasteiger partial charge >= 0.3 is 24.1 Å². The molecule has 4 aliphatic carbocycles. The van der Waals surface area contributed by atoms with Crippen molar-refractivity contribution in [2.75, 3.05) is 26.4 Å². The van der Waals surface area contributed by atoms with Crippen molar-refractivity contribution in [3.63, 3.8) is 0 Å². The summed E-state index contributed by atoms with van der Waals surface area (Å²) >= 11 is 0. The van der Waals surface area contributed by atoms with Crippen molar-refractivity contribution in [1.82, 2.24) is 10.6 Å². The number of fused-ring (bicyclic) bond motifs is 4. The number of halogens is 5. The topological polar surface area (TPSA) is 126 Å². The number of benzene rings is 1. The number of rotatable bonds is 7. The van der Waals surface area contributed by atoms with Crippen molar-refractivity contribution in [3.05, 3.63) is 46.5 Å². The molecule has 5 aliphatic rings. The van der Waals surface area contributed by atoms with Gasteiger partial charge in [0.15, 0.2) is 5.79 Å². The van der Waals surface area contributed by atoms with E-state index in [4.69, 9.17) is 14.2 Å². The highest BCUT2D eigenvalue weighted by Crippen LogP contribution is 2.71. The minimum Gasteiger partial charge on any atom is -0.465 e. The van der Waals surface area contributed by atoms with Gasteiger partial charge in [-0.3, -0.25) is 4.79 Å². The minimum absolute atomic E-state index is 0.000649. The van der Waals surface area contributed by atoms with Gasteiger partial charge < -0.3 is 35.1 Å². The predicted molar refractivity (Wildman–Crippen MR) is 174 cm³/mol. The molecule has 14 heteroatoms. The van der Waals surface area contributed by atoms with E-state index in [2.05, 4.69) is 10.6 Å². The first-order valence-corrected chi connectivity index (χ1v) is 17.9. The molecule has 9 nitrogen and oxygen atoms in total. The van der Waals surface area contributed by atoms with Gasteiger partial charge in [0.2, 0.25) is 0 Å². The average molecular weight is 729 g/mol. The molecule has 0 bridgehead atoms. The molecule has 6 atom stereocenters. The number of aliphatic hydroxyl groups is 2. The molecule has 1 saturated heterocycles. The van der Waals surface area contributed by atoms with Crippen molar-refractivity contribution >= 4 is 12.0 Å². The Kier molecular flexibility index (Phi) is 9.63. The average Bonchev–Trinajstić information content (AvgIpc) is 3.34. The minimum atomic E-state index is -5.94. The van der Waals surface area contributed by atoms with Gasteiger partial charge in [0, 0.05) is 36.1 Å². The second-order valence-corrected chi connectivity index (χ2v) is 16.3. The van der Waals surface area contributed by atoms with Crippen molar-refractivity contribution in [2.24, 2.45) is 22.7 Å². The third-order valence-electron chi connectivity index (χ3n) is 12.4. The highest BCUT2D eigenvalue weighted by atomic mass is 19.4. The summed E-state index contributed by atoms with van der Waals surface area (Å²) in [4.78, 5) is 23.8. The lowest BCUT2D eigenvalue weighted by Crippen LogP contribution is -2.65. The predicted octanol–water partition coefficient (Wildman–Crippen LogP) is 6.27. The van der Waals surface area contributed by atoms with Crippen molar-refractivity contribution < 1.29 is 56.0 Å². The Bertz CT molecular complexity index is 1540. The lowest BCUT2D eigenvalue weighted by Gasteiger charge is -2.59. The fraction of sp³-hybridized carbons (Fsp3) is 0.730. The number of amides is 2. The summed E-state index contributed by atoms with van der Waals surface area (Å²) in [5.41, 5.74) is -3.66. The van der Waals surface area contributed by atoms with E-state index in [9.17, 15) is 33.0 Å². The molecule has 6 rings (SSSR count). The molecule has 4 fully saturated rings. The van der Waals surface area contributed by atoms with Gasteiger partial charge in [-0.15, -0.1) is 0 Å². The van der Waals surface area contributed by atoms with Crippen LogP contribution in [0.1, 0.15) is 96.1 Å². The molecular formula is C37H49F5N2O7. The van der Waals surface area contributed by atoms with E-state index in [1.807, 2.05) is 13.8 Å². The molecule has 3 saturated carbocycles. The van der Waals surface area contributed by atoms with Crippen molar-refractivity contribution in [3.8, 4) is 0 Å². The SMILES string of the molecule is CCOC(=O)CNC(=O)NCc1ccc([C@H]2C[C@@]3(C)C(CC[C@@]3(O)C(F)(F)C(F)(F)F)C3CCC4(O)CC5(CCC4=C32)OCC(C)(C)CO5)cc1. The molecule has 51 heavy (non-hydrogen) atoms. The molecular weight excluding hydrogens is 679 g/mol. The second-order valence-electron chi connectivity index (χ2n) is 16.3. The van der Waals surface area contributed by atoms with Gasteiger partial charge in [-0.25, -0.2) is 4.79 Å². The Hall–Kier alpha value is -2.81. The zero-order valence-corrected chi connectivity index (χ0v) is 29.6. The number of hydrogen-bond acceptors (Lipinski definition) is 7. The smallest absolute Gasteiger partial charge is 0.456 e. The van der Waals surface area contributed by atoms with Crippen LogP contribution in [-0.2, 0) is 25.5 Å². The van der Waals surface area contributed by atoms with Gasteiger partial charge in [-0.1, -0.05) is 50.6 Å². The first-order chi connectivity index (χ1) is 23.7. The molecule has 4 N–H and O–H groups in total. The molecule has 0 aromatic heterocycles. The van der Waals surface area contributed by atoms with Crippen LogP contribution in [0.2, 0.25) is 0 Å². The molecule has 1 aliphatic heterocycles. The Labute approximate surface area is 294 Å². The monoisotopic (exact) mass is 728 g/mol. The normalized spacial score (nSPS) is 34.3. The van der Waals surface area contributed by atoms with Crippen LogP contribution in [0.3, 0.4) is 0 Å². The van der Waals surface area contributed by atoms with E-state index in [0.717, 1.165) is 11.1 Å². The molecule has 2 amide bonds. The maximum absolute atomic E-state index is 15.4. The summed E-state index contributed by atoms with van der Waals surface area (Å²) in [5.74, 6) is -8.64. The number of esters is 1. The first-order valence-electron chi connectivity index (χ1n) is 17.9. The van der Waals surface area contributed by atoms with Gasteiger partial charge in [-0.2, -0.15) is 22.0 Å². The van der Waals surface area contributed by atoms with Crippen LogP contribution in [0.5, 0.6) is 0 Å². The maximum Gasteiger partial charge on any atom is 0.456 e. The zero-order valence-electron chi connectivity index (χ0n) is 29.6. The van der Waals surface area contributed by atoms with Crippen molar-refractivity contribution in [1.29, 1.82) is 0 Å². The molecule has 1 aromatic rings. The first kappa shape index (κ1) is 37.9. The van der Waals surface area contributed by atoms with Crippen LogP contribution < -0.4 is 10.6 Å². The van der Waals surface area contributed by atoms with Gasteiger partial charge in [0.05, 0.1) is 25.4 Å². The lowest BCUT2D eigenvalue weighted by molar-refractivity contribution is -0.362. The largest absolute Gasteiger partial charge is 0.465 e. The standard InChI is InChI=1S/C37H49F5N2O7/c1-5-49-28(45)18-44-30(46)43-17-22-6-8-23(9-7-22)25-16-32(4)26(12-15-35(32,48)36(38,39)37(40,41)42)24-10-13-33(47)19-34(14-11-27(33)29(24)25)50-20-31(2,3)21-51-34/h6-9,24-26,47-48H,5,10-21H2,1-4H3,(H2,43,44,46)/t24?,25-,26?,32+,33?,35+/m1/s1. The van der Waals surface area contributed by atoms with Crippen LogP contribution in [-0.4, -0.2) is 77.7 Å². The fourth-order valence-electron chi connectivity index (χ4n) is 9.78. The van der Waals surface area contributed by atoms with Gasteiger partial charge in [0.25, 0.3) is 0 Å².